The highest BCUT2D eigenvalue weighted by Gasteiger charge is 2.28. The van der Waals surface area contributed by atoms with Gasteiger partial charge in [-0.15, -0.1) is 11.8 Å². The minimum absolute atomic E-state index is 0.0840. The van der Waals surface area contributed by atoms with E-state index in [1.165, 1.54) is 4.90 Å². The van der Waals surface area contributed by atoms with Crippen molar-refractivity contribution in [3.8, 4) is 11.5 Å². The molecule has 2 heterocycles. The summed E-state index contributed by atoms with van der Waals surface area (Å²) in [4.78, 5) is 19.9. The van der Waals surface area contributed by atoms with Crippen molar-refractivity contribution in [2.24, 2.45) is 5.92 Å². The standard InChI is InChI=1S/C18H23N3O2S/c1-12-16(11-21-9-8-14(10-21)17(22)19-2)20-18(23-12)13-4-6-15(24-3)7-5-13/h4-7,14H,8-11H2,1-3H3,(H,19,22)/t14-/m1/s1. The lowest BCUT2D eigenvalue weighted by Gasteiger charge is -2.14. The summed E-state index contributed by atoms with van der Waals surface area (Å²) in [5.74, 6) is 1.73. The molecule has 1 aromatic heterocycles. The molecule has 0 unspecified atom stereocenters. The second kappa shape index (κ2) is 7.40. The minimum atomic E-state index is 0.0840. The molecule has 6 heteroatoms. The van der Waals surface area contributed by atoms with Gasteiger partial charge in [0.05, 0.1) is 11.6 Å². The summed E-state index contributed by atoms with van der Waals surface area (Å²) in [6.07, 6.45) is 2.96. The lowest BCUT2D eigenvalue weighted by molar-refractivity contribution is -0.124. The van der Waals surface area contributed by atoms with Gasteiger partial charge < -0.3 is 9.73 Å². The summed E-state index contributed by atoms with van der Waals surface area (Å²) in [6, 6.07) is 8.23. The Labute approximate surface area is 146 Å². The number of aromatic nitrogens is 1. The maximum atomic E-state index is 11.7. The van der Waals surface area contributed by atoms with E-state index in [1.807, 2.05) is 19.1 Å². The van der Waals surface area contributed by atoms with Crippen LogP contribution in [0.25, 0.3) is 11.5 Å². The smallest absolute Gasteiger partial charge is 0.226 e. The van der Waals surface area contributed by atoms with Gasteiger partial charge >= 0.3 is 0 Å². The number of hydrogen-bond acceptors (Lipinski definition) is 5. The van der Waals surface area contributed by atoms with Crippen LogP contribution in [0.1, 0.15) is 17.9 Å². The van der Waals surface area contributed by atoms with Gasteiger partial charge in [0.15, 0.2) is 0 Å². The van der Waals surface area contributed by atoms with E-state index < -0.39 is 0 Å². The summed E-state index contributed by atoms with van der Waals surface area (Å²) in [7, 11) is 1.70. The molecule has 3 rings (SSSR count). The van der Waals surface area contributed by atoms with Crippen molar-refractivity contribution in [3.05, 3.63) is 35.7 Å². The van der Waals surface area contributed by atoms with Crippen LogP contribution in [-0.4, -0.2) is 42.2 Å². The second-order valence-electron chi connectivity index (χ2n) is 6.09. The van der Waals surface area contributed by atoms with Gasteiger partial charge in [0.1, 0.15) is 5.76 Å². The molecule has 0 radical (unpaired) electrons. The number of benzene rings is 1. The average molecular weight is 345 g/mol. The molecule has 128 valence electrons. The molecule has 1 amide bonds. The summed E-state index contributed by atoms with van der Waals surface area (Å²) in [6.45, 7) is 4.38. The Bertz CT molecular complexity index is 712. The van der Waals surface area contributed by atoms with Gasteiger partial charge in [-0.3, -0.25) is 9.69 Å². The molecule has 1 aliphatic rings. The van der Waals surface area contributed by atoms with E-state index >= 15 is 0 Å². The Morgan fingerprint density at radius 1 is 1.42 bits per heavy atom. The zero-order valence-corrected chi connectivity index (χ0v) is 15.2. The van der Waals surface area contributed by atoms with Crippen LogP contribution in [0, 0.1) is 12.8 Å². The molecule has 1 fully saturated rings. The Morgan fingerprint density at radius 3 is 2.83 bits per heavy atom. The predicted molar refractivity (Wildman–Crippen MR) is 95.9 cm³/mol. The normalized spacial score (nSPS) is 18.0. The number of thioether (sulfide) groups is 1. The Kier molecular flexibility index (Phi) is 5.26. The van der Waals surface area contributed by atoms with E-state index in [9.17, 15) is 4.79 Å². The van der Waals surface area contributed by atoms with Crippen molar-refractivity contribution in [2.75, 3.05) is 26.4 Å². The molecule has 1 saturated heterocycles. The molecular weight excluding hydrogens is 322 g/mol. The quantitative estimate of drug-likeness (QED) is 0.845. The van der Waals surface area contributed by atoms with Crippen LogP contribution in [0.2, 0.25) is 0 Å². The van der Waals surface area contributed by atoms with Crippen molar-refractivity contribution in [1.82, 2.24) is 15.2 Å². The number of carbonyl (C=O) groups excluding carboxylic acids is 1. The number of nitrogens with zero attached hydrogens (tertiary/aromatic N) is 2. The van der Waals surface area contributed by atoms with E-state index in [4.69, 9.17) is 4.42 Å². The third kappa shape index (κ3) is 3.65. The van der Waals surface area contributed by atoms with Crippen LogP contribution in [0.5, 0.6) is 0 Å². The third-order valence-electron chi connectivity index (χ3n) is 4.49. The highest BCUT2D eigenvalue weighted by molar-refractivity contribution is 7.98. The van der Waals surface area contributed by atoms with Gasteiger partial charge in [0.25, 0.3) is 0 Å². The summed E-state index contributed by atoms with van der Waals surface area (Å²) >= 11 is 1.72. The van der Waals surface area contributed by atoms with E-state index in [0.717, 1.165) is 43.1 Å². The fraction of sp³-hybridized carbons (Fsp3) is 0.444. The zero-order chi connectivity index (χ0) is 17.1. The number of likely N-dealkylation sites (tertiary alicyclic amines) is 1. The predicted octanol–water partition coefficient (Wildman–Crippen LogP) is 2.94. The van der Waals surface area contributed by atoms with Gasteiger partial charge in [-0.25, -0.2) is 4.98 Å². The first-order valence-electron chi connectivity index (χ1n) is 8.15. The van der Waals surface area contributed by atoms with Crippen LogP contribution in [0.3, 0.4) is 0 Å². The van der Waals surface area contributed by atoms with Crippen LogP contribution < -0.4 is 5.32 Å². The number of hydrogen-bond donors (Lipinski definition) is 1. The molecule has 1 atom stereocenters. The van der Waals surface area contributed by atoms with Gasteiger partial charge in [-0.2, -0.15) is 0 Å². The molecule has 0 aliphatic carbocycles. The van der Waals surface area contributed by atoms with Gasteiger partial charge in [-0.05, 0) is 50.4 Å². The summed E-state index contributed by atoms with van der Waals surface area (Å²) in [5.41, 5.74) is 1.95. The molecule has 24 heavy (non-hydrogen) atoms. The SMILES string of the molecule is CNC(=O)[C@@H]1CCN(Cc2nc(-c3ccc(SC)cc3)oc2C)C1. The van der Waals surface area contributed by atoms with Crippen molar-refractivity contribution < 1.29 is 9.21 Å². The number of aryl methyl sites for hydroxylation is 1. The zero-order valence-electron chi connectivity index (χ0n) is 14.3. The average Bonchev–Trinajstić information content (AvgIpc) is 3.22. The third-order valence-corrected chi connectivity index (χ3v) is 5.24. The molecule has 0 bridgehead atoms. The van der Waals surface area contributed by atoms with Crippen LogP contribution in [0.4, 0.5) is 0 Å². The van der Waals surface area contributed by atoms with Crippen molar-refractivity contribution >= 4 is 17.7 Å². The monoisotopic (exact) mass is 345 g/mol. The highest BCUT2D eigenvalue weighted by Crippen LogP contribution is 2.26. The number of rotatable bonds is 5. The van der Waals surface area contributed by atoms with E-state index in [2.05, 4.69) is 33.6 Å². The highest BCUT2D eigenvalue weighted by atomic mass is 32.2. The fourth-order valence-electron chi connectivity index (χ4n) is 3.04. The first-order chi connectivity index (χ1) is 11.6. The topological polar surface area (TPSA) is 58.4 Å². The maximum absolute atomic E-state index is 11.7. The summed E-state index contributed by atoms with van der Waals surface area (Å²) in [5, 5.41) is 2.74. The molecule has 5 nitrogen and oxygen atoms in total. The molecule has 0 spiro atoms. The number of oxazole rings is 1. The summed E-state index contributed by atoms with van der Waals surface area (Å²) < 4.78 is 5.86. The lowest BCUT2D eigenvalue weighted by Crippen LogP contribution is -2.30. The van der Waals surface area contributed by atoms with E-state index in [0.29, 0.717) is 5.89 Å². The van der Waals surface area contributed by atoms with Crippen molar-refractivity contribution in [1.29, 1.82) is 0 Å². The molecular formula is C18H23N3O2S. The molecule has 1 aromatic carbocycles. The Morgan fingerprint density at radius 2 is 2.17 bits per heavy atom. The number of carbonyl (C=O) groups is 1. The Hall–Kier alpha value is -1.79. The molecule has 2 aromatic rings. The fourth-order valence-corrected chi connectivity index (χ4v) is 3.45. The molecule has 1 N–H and O–H groups in total. The minimum Gasteiger partial charge on any atom is -0.441 e. The van der Waals surface area contributed by atoms with Gasteiger partial charge in [-0.1, -0.05) is 0 Å². The lowest BCUT2D eigenvalue weighted by atomic mass is 10.1. The first-order valence-corrected chi connectivity index (χ1v) is 9.38. The van der Waals surface area contributed by atoms with Gasteiger partial charge in [0, 0.05) is 30.6 Å². The molecule has 1 aliphatic heterocycles. The van der Waals surface area contributed by atoms with E-state index in [1.54, 1.807) is 18.8 Å². The van der Waals surface area contributed by atoms with Crippen LogP contribution in [0.15, 0.2) is 33.6 Å². The van der Waals surface area contributed by atoms with Crippen molar-refractivity contribution in [3.63, 3.8) is 0 Å². The van der Waals surface area contributed by atoms with Gasteiger partial charge in [0.2, 0.25) is 11.8 Å². The number of amides is 1. The second-order valence-corrected chi connectivity index (χ2v) is 6.97. The van der Waals surface area contributed by atoms with E-state index in [-0.39, 0.29) is 11.8 Å². The number of nitrogens with one attached hydrogen (secondary N) is 1. The maximum Gasteiger partial charge on any atom is 0.226 e. The largest absolute Gasteiger partial charge is 0.441 e. The molecule has 0 saturated carbocycles. The Balaban J connectivity index is 1.69. The van der Waals surface area contributed by atoms with Crippen molar-refractivity contribution in [2.45, 2.75) is 24.8 Å². The first kappa shape index (κ1) is 17.0. The van der Waals surface area contributed by atoms with Crippen LogP contribution in [-0.2, 0) is 11.3 Å². The van der Waals surface area contributed by atoms with Crippen LogP contribution >= 0.6 is 11.8 Å².